The molecule has 3 nitrogen and oxygen atoms in total. The maximum absolute atomic E-state index is 5.70. The molecule has 0 aliphatic heterocycles. The van der Waals surface area contributed by atoms with Crippen LogP contribution in [0.25, 0.3) is 0 Å². The fourth-order valence-electron chi connectivity index (χ4n) is 1.93. The van der Waals surface area contributed by atoms with Crippen LogP contribution in [0.1, 0.15) is 38.2 Å². The number of nitrogens with one attached hydrogen (secondary N) is 1. The molecule has 1 aromatic rings. The van der Waals surface area contributed by atoms with Crippen LogP contribution in [0, 0.1) is 0 Å². The van der Waals surface area contributed by atoms with Crippen molar-refractivity contribution >= 4 is 0 Å². The largest absolute Gasteiger partial charge is 0.492 e. The van der Waals surface area contributed by atoms with E-state index in [9.17, 15) is 0 Å². The Hall–Kier alpha value is -1.06. The third kappa shape index (κ3) is 7.85. The molecule has 0 saturated heterocycles. The fraction of sp³-hybridized carbons (Fsp3) is 0.625. The molecule has 0 fully saturated rings. The third-order valence-electron chi connectivity index (χ3n) is 2.96. The quantitative estimate of drug-likeness (QED) is 0.622. The number of unbranched alkanes of at least 4 members (excludes halogenated alkanes) is 3. The molecule has 0 saturated carbocycles. The van der Waals surface area contributed by atoms with Crippen LogP contribution in [0.3, 0.4) is 0 Å². The van der Waals surface area contributed by atoms with Crippen molar-refractivity contribution in [1.82, 2.24) is 5.32 Å². The molecule has 1 rings (SSSR count). The summed E-state index contributed by atoms with van der Waals surface area (Å²) in [6.07, 6.45) is 5.21. The summed E-state index contributed by atoms with van der Waals surface area (Å²) < 4.78 is 10.8. The predicted molar refractivity (Wildman–Crippen MR) is 79.7 cm³/mol. The number of hydrogen-bond acceptors (Lipinski definition) is 3. The number of rotatable bonds is 11. The van der Waals surface area contributed by atoms with Gasteiger partial charge in [0.25, 0.3) is 0 Å². The third-order valence-corrected chi connectivity index (χ3v) is 2.96. The van der Waals surface area contributed by atoms with Gasteiger partial charge in [0.15, 0.2) is 0 Å². The molecule has 0 aliphatic carbocycles. The van der Waals surface area contributed by atoms with Crippen LogP contribution < -0.4 is 10.1 Å². The highest BCUT2D eigenvalue weighted by Gasteiger charge is 1.96. The molecule has 108 valence electrons. The molecule has 1 aromatic carbocycles. The maximum atomic E-state index is 5.70. The highest BCUT2D eigenvalue weighted by Crippen LogP contribution is 2.13. The highest BCUT2D eigenvalue weighted by atomic mass is 16.5. The van der Waals surface area contributed by atoms with Crippen LogP contribution in [-0.2, 0) is 11.3 Å². The SMILES string of the molecule is CCCCCCNCCOc1cccc(COC)c1. The van der Waals surface area contributed by atoms with Gasteiger partial charge in [-0.05, 0) is 30.7 Å². The summed E-state index contributed by atoms with van der Waals surface area (Å²) in [5, 5.41) is 3.40. The first-order chi connectivity index (χ1) is 9.36. The van der Waals surface area contributed by atoms with E-state index in [1.165, 1.54) is 25.7 Å². The van der Waals surface area contributed by atoms with Crippen LogP contribution in [0.2, 0.25) is 0 Å². The Morgan fingerprint density at radius 1 is 1.11 bits per heavy atom. The highest BCUT2D eigenvalue weighted by molar-refractivity contribution is 5.28. The molecule has 0 radical (unpaired) electrons. The molecule has 0 unspecified atom stereocenters. The first-order valence-corrected chi connectivity index (χ1v) is 7.28. The van der Waals surface area contributed by atoms with Gasteiger partial charge in [-0.25, -0.2) is 0 Å². The van der Waals surface area contributed by atoms with E-state index in [0.717, 1.165) is 24.4 Å². The van der Waals surface area contributed by atoms with Crippen molar-refractivity contribution in [2.45, 2.75) is 39.2 Å². The minimum absolute atomic E-state index is 0.632. The lowest BCUT2D eigenvalue weighted by molar-refractivity contribution is 0.184. The van der Waals surface area contributed by atoms with Gasteiger partial charge in [0.1, 0.15) is 12.4 Å². The van der Waals surface area contributed by atoms with Gasteiger partial charge in [-0.2, -0.15) is 0 Å². The average molecular weight is 265 g/mol. The van der Waals surface area contributed by atoms with Crippen LogP contribution in [-0.4, -0.2) is 26.8 Å². The van der Waals surface area contributed by atoms with Gasteiger partial charge < -0.3 is 14.8 Å². The molecule has 0 amide bonds. The van der Waals surface area contributed by atoms with Crippen molar-refractivity contribution in [3.05, 3.63) is 29.8 Å². The van der Waals surface area contributed by atoms with Crippen molar-refractivity contribution in [2.75, 3.05) is 26.8 Å². The molecule has 0 atom stereocenters. The first kappa shape index (κ1) is 16.0. The Kier molecular flexibility index (Phi) is 9.11. The fourth-order valence-corrected chi connectivity index (χ4v) is 1.93. The van der Waals surface area contributed by atoms with Crippen LogP contribution in [0.4, 0.5) is 0 Å². The second-order valence-electron chi connectivity index (χ2n) is 4.74. The second kappa shape index (κ2) is 10.8. The maximum Gasteiger partial charge on any atom is 0.119 e. The van der Waals surface area contributed by atoms with E-state index in [-0.39, 0.29) is 0 Å². The van der Waals surface area contributed by atoms with Crippen molar-refractivity contribution < 1.29 is 9.47 Å². The Labute approximate surface area is 117 Å². The summed E-state index contributed by atoms with van der Waals surface area (Å²) in [4.78, 5) is 0. The zero-order valence-electron chi connectivity index (χ0n) is 12.3. The summed E-state index contributed by atoms with van der Waals surface area (Å²) >= 11 is 0. The van der Waals surface area contributed by atoms with E-state index in [0.29, 0.717) is 13.2 Å². The molecule has 1 N–H and O–H groups in total. The lowest BCUT2D eigenvalue weighted by Gasteiger charge is -2.08. The van der Waals surface area contributed by atoms with Gasteiger partial charge in [0.2, 0.25) is 0 Å². The molecule has 0 spiro atoms. The van der Waals surface area contributed by atoms with Crippen molar-refractivity contribution in [3.63, 3.8) is 0 Å². The molecule has 0 aromatic heterocycles. The van der Waals surface area contributed by atoms with Gasteiger partial charge in [-0.15, -0.1) is 0 Å². The smallest absolute Gasteiger partial charge is 0.119 e. The zero-order chi connectivity index (χ0) is 13.8. The monoisotopic (exact) mass is 265 g/mol. The second-order valence-corrected chi connectivity index (χ2v) is 4.74. The Bertz CT molecular complexity index is 328. The number of ether oxygens (including phenoxy) is 2. The molecular weight excluding hydrogens is 238 g/mol. The van der Waals surface area contributed by atoms with E-state index in [2.05, 4.69) is 12.2 Å². The summed E-state index contributed by atoms with van der Waals surface area (Å²) in [5.74, 6) is 0.919. The predicted octanol–water partition coefficient (Wildman–Crippen LogP) is 3.38. The van der Waals surface area contributed by atoms with Crippen molar-refractivity contribution in [1.29, 1.82) is 0 Å². The molecule has 3 heteroatoms. The van der Waals surface area contributed by atoms with Gasteiger partial charge in [0.05, 0.1) is 6.61 Å². The topological polar surface area (TPSA) is 30.5 Å². The normalized spacial score (nSPS) is 10.6. The number of benzene rings is 1. The summed E-state index contributed by atoms with van der Waals surface area (Å²) in [7, 11) is 1.70. The van der Waals surface area contributed by atoms with Crippen LogP contribution in [0.5, 0.6) is 5.75 Å². The molecule has 0 aliphatic rings. The first-order valence-electron chi connectivity index (χ1n) is 7.28. The Morgan fingerprint density at radius 2 is 2.00 bits per heavy atom. The molecule has 19 heavy (non-hydrogen) atoms. The minimum atomic E-state index is 0.632. The van der Waals surface area contributed by atoms with E-state index >= 15 is 0 Å². The number of methoxy groups -OCH3 is 1. The van der Waals surface area contributed by atoms with Crippen LogP contribution in [0.15, 0.2) is 24.3 Å². The van der Waals surface area contributed by atoms with E-state index in [4.69, 9.17) is 9.47 Å². The van der Waals surface area contributed by atoms with Gasteiger partial charge in [-0.3, -0.25) is 0 Å². The van der Waals surface area contributed by atoms with E-state index in [1.54, 1.807) is 7.11 Å². The summed E-state index contributed by atoms with van der Waals surface area (Å²) in [5.41, 5.74) is 1.15. The number of hydrogen-bond donors (Lipinski definition) is 1. The summed E-state index contributed by atoms with van der Waals surface area (Å²) in [6.45, 7) is 5.57. The van der Waals surface area contributed by atoms with Gasteiger partial charge in [0, 0.05) is 13.7 Å². The minimum Gasteiger partial charge on any atom is -0.492 e. The lowest BCUT2D eigenvalue weighted by Crippen LogP contribution is -2.22. The van der Waals surface area contributed by atoms with Crippen molar-refractivity contribution in [3.8, 4) is 5.75 Å². The lowest BCUT2D eigenvalue weighted by atomic mass is 10.2. The zero-order valence-corrected chi connectivity index (χ0v) is 12.3. The van der Waals surface area contributed by atoms with E-state index < -0.39 is 0 Å². The Balaban J connectivity index is 2.07. The molecule has 0 heterocycles. The van der Waals surface area contributed by atoms with Gasteiger partial charge in [-0.1, -0.05) is 38.3 Å². The van der Waals surface area contributed by atoms with E-state index in [1.807, 2.05) is 24.3 Å². The van der Waals surface area contributed by atoms with Crippen molar-refractivity contribution in [2.24, 2.45) is 0 Å². The van der Waals surface area contributed by atoms with Gasteiger partial charge >= 0.3 is 0 Å². The standard InChI is InChI=1S/C16H27NO2/c1-3-4-5-6-10-17-11-12-19-16-9-7-8-15(13-16)14-18-2/h7-9,13,17H,3-6,10-12,14H2,1-2H3. The average Bonchev–Trinajstić information content (AvgIpc) is 2.43. The Morgan fingerprint density at radius 3 is 2.79 bits per heavy atom. The molecule has 0 bridgehead atoms. The molecular formula is C16H27NO2. The van der Waals surface area contributed by atoms with Crippen LogP contribution >= 0.6 is 0 Å². The summed E-state index contributed by atoms with van der Waals surface area (Å²) in [6, 6.07) is 8.06.